The van der Waals surface area contributed by atoms with Crippen molar-refractivity contribution in [3.63, 3.8) is 0 Å². The second-order valence-electron chi connectivity index (χ2n) is 2.86. The number of hydrogen-bond acceptors (Lipinski definition) is 7. The predicted molar refractivity (Wildman–Crippen MR) is 38.2 cm³/mol. The van der Waals surface area contributed by atoms with Gasteiger partial charge in [-0.15, -0.1) is 0 Å². The van der Waals surface area contributed by atoms with Gasteiger partial charge in [0.2, 0.25) is 0 Å². The van der Waals surface area contributed by atoms with E-state index in [0.717, 1.165) is 0 Å². The highest BCUT2D eigenvalue weighted by molar-refractivity contribution is 5.79. The summed E-state index contributed by atoms with van der Waals surface area (Å²) in [6.07, 6.45) is -6.81. The van der Waals surface area contributed by atoms with Crippen LogP contribution in [-0.4, -0.2) is 61.6 Å². The Morgan fingerprint density at radius 3 is 1.80 bits per heavy atom. The summed E-state index contributed by atoms with van der Waals surface area (Å²) in [6.45, 7) is 0. The molecule has 0 unspecified atom stereocenters. The van der Waals surface area contributed by atoms with Crippen LogP contribution in [0.15, 0.2) is 0 Å². The van der Waals surface area contributed by atoms with Gasteiger partial charge < -0.3 is 25.5 Å². The van der Waals surface area contributed by atoms with Crippen LogP contribution in [0.1, 0.15) is 0 Å². The van der Waals surface area contributed by atoms with E-state index in [0.29, 0.717) is 0 Å². The van der Waals surface area contributed by atoms with E-state index in [1.54, 1.807) is 0 Å². The van der Waals surface area contributed by atoms with Gasteiger partial charge in [0.1, 0.15) is 6.10 Å². The van der Waals surface area contributed by atoms with Crippen LogP contribution in [0.25, 0.3) is 0 Å². The summed E-state index contributed by atoms with van der Waals surface area (Å²) in [5, 5.41) is 43.9. The second kappa shape index (κ2) is 3.72. The summed E-state index contributed by atoms with van der Waals surface area (Å²) in [5.74, 6) is -6.06. The highest BCUT2D eigenvalue weighted by atomic mass is 17.4. The van der Waals surface area contributed by atoms with Crippen LogP contribution in [0.5, 0.6) is 0 Å². The lowest BCUT2D eigenvalue weighted by atomic mass is 10.0. The zero-order valence-corrected chi connectivity index (χ0v) is 7.10. The minimum Gasteiger partial charge on any atom is -0.479 e. The number of aliphatic carboxylic acids is 2. The molecule has 1 rings (SSSR count). The lowest BCUT2D eigenvalue weighted by Crippen LogP contribution is -2.52. The molecular formula is C6H8O9. The maximum absolute atomic E-state index is 10.5. The Labute approximate surface area is 82.0 Å². The quantitative estimate of drug-likeness (QED) is 0.240. The fourth-order valence-electron chi connectivity index (χ4n) is 0.885. The van der Waals surface area contributed by atoms with Crippen LogP contribution >= 0.6 is 0 Å². The second-order valence-corrected chi connectivity index (χ2v) is 2.86. The fourth-order valence-corrected chi connectivity index (χ4v) is 0.885. The highest BCUT2D eigenvalue weighted by Crippen LogP contribution is 2.35. The van der Waals surface area contributed by atoms with Crippen molar-refractivity contribution in [2.24, 2.45) is 0 Å². The standard InChI is InChI=1S/C6H8O9/c7-1(2(8)4(10)11)3(9)6(5(12)13)14-15-6/h1-3,7-9H,(H,10,11)(H,12,13)/t1-,2+,3+/m1/s1. The Balaban J connectivity index is 2.72. The number of carboxylic acid groups (broad SMARTS) is 2. The van der Waals surface area contributed by atoms with Gasteiger partial charge in [0.25, 0.3) is 0 Å². The monoisotopic (exact) mass is 224 g/mol. The maximum atomic E-state index is 10.5. The number of aliphatic hydroxyl groups excluding tert-OH is 3. The zero-order valence-electron chi connectivity index (χ0n) is 7.10. The van der Waals surface area contributed by atoms with Crippen molar-refractivity contribution >= 4 is 11.9 Å². The Bertz CT molecular complexity index is 282. The van der Waals surface area contributed by atoms with Crippen LogP contribution in [0, 0.1) is 0 Å². The molecule has 86 valence electrons. The van der Waals surface area contributed by atoms with Crippen molar-refractivity contribution in [1.82, 2.24) is 0 Å². The summed E-state index contributed by atoms with van der Waals surface area (Å²) < 4.78 is 0. The van der Waals surface area contributed by atoms with Gasteiger partial charge in [0.15, 0.2) is 12.2 Å². The summed E-state index contributed by atoms with van der Waals surface area (Å²) >= 11 is 0. The summed E-state index contributed by atoms with van der Waals surface area (Å²) in [4.78, 5) is 28.6. The van der Waals surface area contributed by atoms with Gasteiger partial charge in [-0.3, -0.25) is 0 Å². The van der Waals surface area contributed by atoms with Gasteiger partial charge in [0, 0.05) is 0 Å². The lowest BCUT2D eigenvalue weighted by Gasteiger charge is -2.20. The normalized spacial score (nSPS) is 23.9. The van der Waals surface area contributed by atoms with Gasteiger partial charge in [-0.25, -0.2) is 9.59 Å². The molecule has 5 N–H and O–H groups in total. The number of carboxylic acids is 2. The summed E-state index contributed by atoms with van der Waals surface area (Å²) in [5.41, 5.74) is 0. The third-order valence-electron chi connectivity index (χ3n) is 1.85. The largest absolute Gasteiger partial charge is 0.479 e. The Morgan fingerprint density at radius 2 is 1.53 bits per heavy atom. The van der Waals surface area contributed by atoms with Crippen molar-refractivity contribution in [3.8, 4) is 0 Å². The molecule has 1 heterocycles. The van der Waals surface area contributed by atoms with E-state index in [1.807, 2.05) is 0 Å². The lowest BCUT2D eigenvalue weighted by molar-refractivity contribution is -0.169. The molecule has 0 amide bonds. The molecule has 9 heteroatoms. The van der Waals surface area contributed by atoms with E-state index in [2.05, 4.69) is 9.78 Å². The molecule has 1 aliphatic heterocycles. The van der Waals surface area contributed by atoms with Crippen LogP contribution in [0.4, 0.5) is 0 Å². The third-order valence-corrected chi connectivity index (χ3v) is 1.85. The van der Waals surface area contributed by atoms with Crippen molar-refractivity contribution in [2.75, 3.05) is 0 Å². The van der Waals surface area contributed by atoms with Gasteiger partial charge in [-0.1, -0.05) is 0 Å². The van der Waals surface area contributed by atoms with E-state index in [1.165, 1.54) is 0 Å². The van der Waals surface area contributed by atoms with E-state index < -0.39 is 36.0 Å². The molecule has 9 nitrogen and oxygen atoms in total. The molecule has 15 heavy (non-hydrogen) atoms. The first-order chi connectivity index (χ1) is 6.83. The predicted octanol–water partition coefficient (Wildman–Crippen LogP) is -3.10. The number of rotatable bonds is 5. The molecule has 0 saturated carbocycles. The Morgan fingerprint density at radius 1 is 1.07 bits per heavy atom. The third kappa shape index (κ3) is 1.91. The highest BCUT2D eigenvalue weighted by Gasteiger charge is 2.66. The molecular weight excluding hydrogens is 216 g/mol. The summed E-state index contributed by atoms with van der Waals surface area (Å²) in [6, 6.07) is 0. The Hall–Kier alpha value is -1.26. The molecule has 3 atom stereocenters. The Kier molecular flexibility index (Phi) is 2.93. The van der Waals surface area contributed by atoms with E-state index in [-0.39, 0.29) is 0 Å². The van der Waals surface area contributed by atoms with E-state index in [4.69, 9.17) is 20.4 Å². The first-order valence-corrected chi connectivity index (χ1v) is 3.70. The number of carbonyl (C=O) groups is 2. The van der Waals surface area contributed by atoms with Gasteiger partial charge in [-0.05, 0) is 0 Å². The molecule has 0 bridgehead atoms. The molecule has 0 aromatic heterocycles. The summed E-state index contributed by atoms with van der Waals surface area (Å²) in [7, 11) is 0. The molecule has 0 aromatic rings. The van der Waals surface area contributed by atoms with Crippen molar-refractivity contribution < 1.29 is 44.9 Å². The first kappa shape index (κ1) is 11.8. The van der Waals surface area contributed by atoms with Crippen LogP contribution in [0.2, 0.25) is 0 Å². The van der Waals surface area contributed by atoms with E-state index >= 15 is 0 Å². The van der Waals surface area contributed by atoms with Crippen molar-refractivity contribution in [1.29, 1.82) is 0 Å². The van der Waals surface area contributed by atoms with Crippen molar-refractivity contribution in [2.45, 2.75) is 24.1 Å². The number of aliphatic hydroxyl groups is 3. The average Bonchev–Trinajstić information content (AvgIpc) is 2.94. The molecule has 1 fully saturated rings. The van der Waals surface area contributed by atoms with Gasteiger partial charge in [0.05, 0.1) is 0 Å². The molecule has 0 aliphatic carbocycles. The topological polar surface area (TPSA) is 160 Å². The molecule has 0 aromatic carbocycles. The zero-order chi connectivity index (χ0) is 11.8. The van der Waals surface area contributed by atoms with Crippen LogP contribution in [-0.2, 0) is 19.4 Å². The van der Waals surface area contributed by atoms with E-state index in [9.17, 15) is 14.7 Å². The van der Waals surface area contributed by atoms with Crippen LogP contribution in [0.3, 0.4) is 0 Å². The molecule has 0 radical (unpaired) electrons. The number of hydrogen-bond donors (Lipinski definition) is 5. The molecule has 1 aliphatic rings. The fraction of sp³-hybridized carbons (Fsp3) is 0.667. The minimum absolute atomic E-state index is 1.74. The maximum Gasteiger partial charge on any atom is 0.373 e. The van der Waals surface area contributed by atoms with Crippen molar-refractivity contribution in [3.05, 3.63) is 0 Å². The first-order valence-electron chi connectivity index (χ1n) is 3.70. The SMILES string of the molecule is O=C(O)[C@@H](O)[C@@H](O)[C@H](O)C1(C(=O)O)OO1. The average molecular weight is 224 g/mol. The minimum atomic E-state index is -2.50. The van der Waals surface area contributed by atoms with Gasteiger partial charge >= 0.3 is 17.7 Å². The smallest absolute Gasteiger partial charge is 0.373 e. The molecule has 1 saturated heterocycles. The van der Waals surface area contributed by atoms with Crippen LogP contribution < -0.4 is 0 Å². The molecule has 0 spiro atoms. The van der Waals surface area contributed by atoms with Gasteiger partial charge in [-0.2, -0.15) is 9.78 Å².